The maximum atomic E-state index is 12.6. The molecule has 0 aliphatic carbocycles. The number of amides is 1. The Morgan fingerprint density at radius 3 is 2.90 bits per heavy atom. The van der Waals surface area contributed by atoms with Crippen LogP contribution in [0.5, 0.6) is 0 Å². The van der Waals surface area contributed by atoms with Crippen molar-refractivity contribution in [3.05, 3.63) is 63.7 Å². The van der Waals surface area contributed by atoms with E-state index in [2.05, 4.69) is 51.8 Å². The molecule has 0 fully saturated rings. The van der Waals surface area contributed by atoms with Crippen LogP contribution in [0.1, 0.15) is 29.3 Å². The number of rotatable bonds is 5. The molecule has 1 atom stereocenters. The Balaban J connectivity index is 1.59. The number of nitrogens with zero attached hydrogens (tertiary/aromatic N) is 6. The molecule has 152 valence electrons. The molecule has 0 saturated heterocycles. The second-order valence-corrected chi connectivity index (χ2v) is 7.55. The third-order valence-corrected chi connectivity index (χ3v) is 4.72. The lowest BCUT2D eigenvalue weighted by Crippen LogP contribution is -2.30. The van der Waals surface area contributed by atoms with E-state index in [-0.39, 0.29) is 11.5 Å². The summed E-state index contributed by atoms with van der Waals surface area (Å²) in [6.07, 6.45) is 1.42. The minimum absolute atomic E-state index is 0.0151. The number of fused-ring (bicyclic) bond motifs is 1. The van der Waals surface area contributed by atoms with Gasteiger partial charge in [-0.05, 0) is 53.2 Å². The van der Waals surface area contributed by atoms with Gasteiger partial charge in [0, 0.05) is 10.7 Å². The average Bonchev–Trinajstić information content (AvgIpc) is 3.13. The normalized spacial score (nSPS) is 12.0. The van der Waals surface area contributed by atoms with Gasteiger partial charge in [0.2, 0.25) is 0 Å². The number of carbonyl (C=O) groups is 1. The van der Waals surface area contributed by atoms with Crippen molar-refractivity contribution in [3.63, 3.8) is 0 Å². The van der Waals surface area contributed by atoms with Crippen molar-refractivity contribution in [1.82, 2.24) is 35.1 Å². The maximum Gasteiger partial charge on any atom is 0.274 e. The highest BCUT2D eigenvalue weighted by Crippen LogP contribution is 2.20. The molecule has 0 aliphatic heterocycles. The third kappa shape index (κ3) is 4.16. The van der Waals surface area contributed by atoms with E-state index in [0.29, 0.717) is 26.9 Å². The summed E-state index contributed by atoms with van der Waals surface area (Å²) in [4.78, 5) is 20.6. The van der Waals surface area contributed by atoms with Gasteiger partial charge in [0.15, 0.2) is 28.8 Å². The summed E-state index contributed by atoms with van der Waals surface area (Å²) in [6.45, 7) is 1.76. The molecular weight excluding hydrogens is 474 g/mol. The van der Waals surface area contributed by atoms with Crippen LogP contribution in [0.3, 0.4) is 0 Å². The molecule has 0 saturated carbocycles. The summed E-state index contributed by atoms with van der Waals surface area (Å²) >= 11 is 9.21. The lowest BCUT2D eigenvalue weighted by atomic mass is 10.3. The van der Waals surface area contributed by atoms with Crippen LogP contribution in [0.2, 0.25) is 5.02 Å². The minimum Gasteiger partial charge on any atom is -0.382 e. The summed E-state index contributed by atoms with van der Waals surface area (Å²) in [5.74, 6) is 0.542. The first-order valence-corrected chi connectivity index (χ1v) is 9.91. The molecule has 0 unspecified atom stereocenters. The predicted molar refractivity (Wildman–Crippen MR) is 116 cm³/mol. The molecule has 3 heterocycles. The Hall–Kier alpha value is -3.31. The molecule has 3 aromatic heterocycles. The van der Waals surface area contributed by atoms with Gasteiger partial charge in [-0.2, -0.15) is 4.52 Å². The predicted octanol–water partition coefficient (Wildman–Crippen LogP) is 3.15. The summed E-state index contributed by atoms with van der Waals surface area (Å²) in [7, 11) is 0. The van der Waals surface area contributed by atoms with Crippen LogP contribution in [-0.2, 0) is 0 Å². The van der Waals surface area contributed by atoms with Crippen molar-refractivity contribution >= 4 is 56.4 Å². The lowest BCUT2D eigenvalue weighted by Gasteiger charge is -2.13. The number of nitrogen functional groups attached to an aromatic ring is 1. The molecule has 4 aromatic rings. The second kappa shape index (κ2) is 8.20. The van der Waals surface area contributed by atoms with Crippen LogP contribution in [-0.4, -0.2) is 35.7 Å². The second-order valence-electron chi connectivity index (χ2n) is 6.30. The Morgan fingerprint density at radius 2 is 2.10 bits per heavy atom. The summed E-state index contributed by atoms with van der Waals surface area (Å²) in [5, 5.41) is 19.4. The van der Waals surface area contributed by atoms with Gasteiger partial charge in [0.25, 0.3) is 5.91 Å². The van der Waals surface area contributed by atoms with Gasteiger partial charge in [-0.15, -0.1) is 15.3 Å². The monoisotopic (exact) mass is 487 g/mol. The molecule has 0 bridgehead atoms. The molecule has 4 N–H and O–H groups in total. The van der Waals surface area contributed by atoms with E-state index in [1.807, 2.05) is 12.1 Å². The fraction of sp³-hybridized carbons (Fsp3) is 0.111. The van der Waals surface area contributed by atoms with Crippen LogP contribution >= 0.6 is 27.5 Å². The molecule has 4 rings (SSSR count). The zero-order valence-electron chi connectivity index (χ0n) is 15.5. The largest absolute Gasteiger partial charge is 0.382 e. The summed E-state index contributed by atoms with van der Waals surface area (Å²) in [6, 6.07) is 10.3. The molecular formula is C18H15BrClN9O. The molecule has 12 heteroatoms. The number of aromatic nitrogens is 6. The van der Waals surface area contributed by atoms with Crippen LogP contribution in [0.25, 0.3) is 5.65 Å². The number of nitrogens with two attached hydrogens (primary N) is 1. The van der Waals surface area contributed by atoms with Crippen molar-refractivity contribution in [2.24, 2.45) is 0 Å². The quantitative estimate of drug-likeness (QED) is 0.390. The first-order valence-electron chi connectivity index (χ1n) is 8.74. The molecule has 0 radical (unpaired) electrons. The van der Waals surface area contributed by atoms with Gasteiger partial charge < -0.3 is 16.4 Å². The molecule has 1 aromatic carbocycles. The van der Waals surface area contributed by atoms with E-state index >= 15 is 0 Å². The smallest absolute Gasteiger partial charge is 0.274 e. The molecule has 0 spiro atoms. The summed E-state index contributed by atoms with van der Waals surface area (Å²) < 4.78 is 1.95. The average molecular weight is 489 g/mol. The molecule has 10 nitrogen and oxygen atoms in total. The number of benzene rings is 1. The molecule has 1 amide bonds. The molecule has 0 aliphatic rings. The first kappa shape index (κ1) is 20.0. The maximum absolute atomic E-state index is 12.6. The van der Waals surface area contributed by atoms with E-state index in [1.54, 1.807) is 35.7 Å². The van der Waals surface area contributed by atoms with Gasteiger partial charge in [-0.25, -0.2) is 9.97 Å². The van der Waals surface area contributed by atoms with E-state index < -0.39 is 11.9 Å². The Morgan fingerprint density at radius 1 is 1.27 bits per heavy atom. The van der Waals surface area contributed by atoms with Crippen molar-refractivity contribution in [2.75, 3.05) is 11.1 Å². The van der Waals surface area contributed by atoms with E-state index in [1.165, 1.54) is 6.20 Å². The van der Waals surface area contributed by atoms with Crippen molar-refractivity contribution in [2.45, 2.75) is 13.0 Å². The van der Waals surface area contributed by atoms with Crippen molar-refractivity contribution in [1.29, 1.82) is 0 Å². The highest BCUT2D eigenvalue weighted by molar-refractivity contribution is 9.10. The van der Waals surface area contributed by atoms with Crippen molar-refractivity contribution < 1.29 is 4.79 Å². The Labute approximate surface area is 184 Å². The minimum atomic E-state index is -0.526. The number of hydrogen-bond acceptors (Lipinski definition) is 8. The van der Waals surface area contributed by atoms with Crippen molar-refractivity contribution in [3.8, 4) is 0 Å². The highest BCUT2D eigenvalue weighted by Gasteiger charge is 2.21. The standard InChI is InChI=1S/C18H15BrClN9O/c1-9(23-18(30)15-16(21)22-8-12(19)25-15)17-27-26-14-6-5-13(28-29(14)17)24-11-4-2-3-10(20)7-11/h2-9H,1H3,(H2,21,22)(H,23,30)(H,24,28)/t9-/m1/s1. The summed E-state index contributed by atoms with van der Waals surface area (Å²) in [5.41, 5.74) is 7.09. The zero-order chi connectivity index (χ0) is 21.3. The number of halogens is 2. The molecule has 30 heavy (non-hydrogen) atoms. The van der Waals surface area contributed by atoms with Gasteiger partial charge in [-0.1, -0.05) is 17.7 Å². The number of carbonyl (C=O) groups excluding carboxylic acids is 1. The highest BCUT2D eigenvalue weighted by atomic mass is 79.9. The third-order valence-electron chi connectivity index (χ3n) is 4.11. The van der Waals surface area contributed by atoms with E-state index in [4.69, 9.17) is 17.3 Å². The van der Waals surface area contributed by atoms with Crippen LogP contribution in [0.15, 0.2) is 47.2 Å². The van der Waals surface area contributed by atoms with E-state index in [0.717, 1.165) is 5.69 Å². The lowest BCUT2D eigenvalue weighted by molar-refractivity contribution is 0.0933. The van der Waals surface area contributed by atoms with E-state index in [9.17, 15) is 4.79 Å². The van der Waals surface area contributed by atoms with Gasteiger partial charge in [0.05, 0.1) is 12.2 Å². The Bertz CT molecular complexity index is 1250. The SMILES string of the molecule is C[C@@H](NC(=O)c1nc(Br)cnc1N)c1nnc2ccc(Nc3cccc(Cl)c3)nn12. The Kier molecular flexibility index (Phi) is 5.46. The van der Waals surface area contributed by atoms with Gasteiger partial charge in [0.1, 0.15) is 4.60 Å². The number of nitrogens with one attached hydrogen (secondary N) is 2. The van der Waals surface area contributed by atoms with Crippen LogP contribution in [0.4, 0.5) is 17.3 Å². The van der Waals surface area contributed by atoms with Gasteiger partial charge >= 0.3 is 0 Å². The number of anilines is 3. The fourth-order valence-corrected chi connectivity index (χ4v) is 3.20. The fourth-order valence-electron chi connectivity index (χ4n) is 2.73. The number of hydrogen-bond donors (Lipinski definition) is 3. The van der Waals surface area contributed by atoms with Crippen LogP contribution < -0.4 is 16.4 Å². The van der Waals surface area contributed by atoms with Crippen LogP contribution in [0, 0.1) is 0 Å². The first-order chi connectivity index (χ1) is 14.4. The van der Waals surface area contributed by atoms with Gasteiger partial charge in [-0.3, -0.25) is 4.79 Å². The topological polar surface area (TPSA) is 136 Å². The zero-order valence-corrected chi connectivity index (χ0v) is 17.9.